The monoisotopic (exact) mass is 303 g/mol. The van der Waals surface area contributed by atoms with Crippen LogP contribution in [0.25, 0.3) is 0 Å². The Morgan fingerprint density at radius 2 is 2.00 bits per heavy atom. The Hall–Kier alpha value is -1.80. The van der Waals surface area contributed by atoms with Gasteiger partial charge in [0.1, 0.15) is 22.3 Å². The molecule has 0 radical (unpaired) electrons. The van der Waals surface area contributed by atoms with Crippen LogP contribution in [0.1, 0.15) is 5.56 Å². The van der Waals surface area contributed by atoms with Crippen molar-refractivity contribution in [2.75, 3.05) is 32.1 Å². The third-order valence-corrected chi connectivity index (χ3v) is 2.62. The van der Waals surface area contributed by atoms with Crippen LogP contribution in [0.4, 0.5) is 14.5 Å². The molecule has 4 N–H and O–H groups in total. The molecule has 20 heavy (non-hydrogen) atoms. The van der Waals surface area contributed by atoms with E-state index in [2.05, 4.69) is 22.9 Å². The fraction of sp³-hybridized carbons (Fsp3) is 0.333. The largest absolute Gasteiger partial charge is 0.389 e. The third kappa shape index (κ3) is 4.71. The molecule has 1 amide bonds. The second kappa shape index (κ2) is 7.71. The van der Waals surface area contributed by atoms with Gasteiger partial charge in [-0.25, -0.2) is 8.78 Å². The molecule has 0 atom stereocenters. The van der Waals surface area contributed by atoms with E-state index in [-0.39, 0.29) is 17.1 Å². The van der Waals surface area contributed by atoms with Gasteiger partial charge in [-0.2, -0.15) is 0 Å². The minimum Gasteiger partial charge on any atom is -0.389 e. The van der Waals surface area contributed by atoms with Crippen molar-refractivity contribution >= 4 is 28.8 Å². The van der Waals surface area contributed by atoms with Crippen molar-refractivity contribution in [3.63, 3.8) is 0 Å². The Labute approximate surface area is 120 Å². The van der Waals surface area contributed by atoms with Crippen molar-refractivity contribution < 1.29 is 18.3 Å². The molecule has 0 heterocycles. The lowest BCUT2D eigenvalue weighted by molar-refractivity contribution is -0.119. The van der Waals surface area contributed by atoms with Gasteiger partial charge in [-0.05, 0) is 12.1 Å². The number of benzene rings is 1. The number of rotatable bonds is 7. The summed E-state index contributed by atoms with van der Waals surface area (Å²) in [6.07, 6.45) is 0. The normalized spacial score (nSPS) is 10.2. The maximum Gasteiger partial charge on any atom is 0.239 e. The number of thiocarbonyl (C=S) groups is 1. The molecule has 5 nitrogen and oxygen atoms in total. The molecule has 0 aliphatic rings. The molecule has 1 aromatic carbocycles. The van der Waals surface area contributed by atoms with E-state index in [4.69, 9.17) is 10.5 Å². The first-order valence-corrected chi connectivity index (χ1v) is 6.15. The Morgan fingerprint density at radius 1 is 1.40 bits per heavy atom. The summed E-state index contributed by atoms with van der Waals surface area (Å²) >= 11 is 4.64. The summed E-state index contributed by atoms with van der Waals surface area (Å²) in [6.45, 7) is 0.420. The van der Waals surface area contributed by atoms with E-state index in [1.807, 2.05) is 0 Å². The first-order valence-electron chi connectivity index (χ1n) is 5.74. The average molecular weight is 303 g/mol. The van der Waals surface area contributed by atoms with Gasteiger partial charge in [0.05, 0.1) is 13.2 Å². The van der Waals surface area contributed by atoms with Crippen LogP contribution >= 0.6 is 12.2 Å². The summed E-state index contributed by atoms with van der Waals surface area (Å²) in [7, 11) is 1.50. The number of carbonyl (C=O) groups is 1. The molecular weight excluding hydrogens is 288 g/mol. The first kappa shape index (κ1) is 16.3. The molecule has 0 aliphatic heterocycles. The first-order chi connectivity index (χ1) is 9.45. The Kier molecular flexibility index (Phi) is 6.26. The fourth-order valence-corrected chi connectivity index (χ4v) is 1.53. The van der Waals surface area contributed by atoms with E-state index in [1.165, 1.54) is 7.11 Å². The second-order valence-corrected chi connectivity index (χ2v) is 4.32. The summed E-state index contributed by atoms with van der Waals surface area (Å²) in [5.74, 6) is -2.13. The van der Waals surface area contributed by atoms with E-state index in [0.29, 0.717) is 13.2 Å². The van der Waals surface area contributed by atoms with Gasteiger partial charge < -0.3 is 21.1 Å². The molecule has 0 bridgehead atoms. The van der Waals surface area contributed by atoms with Crippen LogP contribution in [0, 0.1) is 11.6 Å². The molecule has 0 fully saturated rings. The number of nitrogens with one attached hydrogen (secondary N) is 2. The number of halogens is 2. The van der Waals surface area contributed by atoms with Crippen LogP contribution in [0.3, 0.4) is 0 Å². The quantitative estimate of drug-likeness (QED) is 0.512. The molecule has 0 aliphatic carbocycles. The van der Waals surface area contributed by atoms with Crippen LogP contribution in [-0.2, 0) is 9.53 Å². The standard InChI is InChI=1S/C12H15F2N3O2S/c1-19-3-2-16-10(18)6-17-11-8(13)4-7(12(15)20)5-9(11)14/h4-5,17H,2-3,6H2,1H3,(H2,15,20)(H,16,18). The molecular formula is C12H15F2N3O2S. The summed E-state index contributed by atoms with van der Waals surface area (Å²) in [5, 5.41) is 4.90. The Bertz CT molecular complexity index is 488. The molecule has 1 aromatic rings. The number of hydrogen-bond donors (Lipinski definition) is 3. The van der Waals surface area contributed by atoms with Gasteiger partial charge in [0.25, 0.3) is 0 Å². The lowest BCUT2D eigenvalue weighted by atomic mass is 10.2. The van der Waals surface area contributed by atoms with Crippen molar-refractivity contribution in [3.8, 4) is 0 Å². The van der Waals surface area contributed by atoms with Crippen LogP contribution < -0.4 is 16.4 Å². The lowest BCUT2D eigenvalue weighted by Gasteiger charge is -2.10. The number of hydrogen-bond acceptors (Lipinski definition) is 4. The molecule has 0 saturated carbocycles. The average Bonchev–Trinajstić information content (AvgIpc) is 2.37. The number of ether oxygens (including phenoxy) is 1. The summed E-state index contributed by atoms with van der Waals surface area (Å²) in [4.78, 5) is 11.3. The molecule has 8 heteroatoms. The molecule has 1 rings (SSSR count). The second-order valence-electron chi connectivity index (χ2n) is 3.88. The number of methoxy groups -OCH3 is 1. The number of anilines is 1. The molecule has 0 aromatic heterocycles. The smallest absolute Gasteiger partial charge is 0.239 e. The summed E-state index contributed by atoms with van der Waals surface area (Å²) in [6, 6.07) is 2.02. The van der Waals surface area contributed by atoms with E-state index in [0.717, 1.165) is 12.1 Å². The van der Waals surface area contributed by atoms with Crippen LogP contribution in [0.5, 0.6) is 0 Å². The number of amides is 1. The molecule has 0 saturated heterocycles. The van der Waals surface area contributed by atoms with Crippen molar-refractivity contribution in [2.45, 2.75) is 0 Å². The van der Waals surface area contributed by atoms with E-state index < -0.39 is 23.2 Å². The number of carbonyl (C=O) groups excluding carboxylic acids is 1. The minimum atomic E-state index is -0.863. The Balaban J connectivity index is 2.64. The zero-order valence-corrected chi connectivity index (χ0v) is 11.7. The topological polar surface area (TPSA) is 76.4 Å². The SMILES string of the molecule is COCCNC(=O)CNc1c(F)cc(C(N)=S)cc1F. The molecule has 0 spiro atoms. The van der Waals surface area contributed by atoms with Gasteiger partial charge in [-0.3, -0.25) is 4.79 Å². The van der Waals surface area contributed by atoms with E-state index >= 15 is 0 Å². The van der Waals surface area contributed by atoms with Gasteiger partial charge in [-0.15, -0.1) is 0 Å². The predicted molar refractivity (Wildman–Crippen MR) is 75.6 cm³/mol. The van der Waals surface area contributed by atoms with Gasteiger partial charge in [0, 0.05) is 19.2 Å². The van der Waals surface area contributed by atoms with Gasteiger partial charge in [0.15, 0.2) is 0 Å². The zero-order chi connectivity index (χ0) is 15.1. The molecule has 0 unspecified atom stereocenters. The van der Waals surface area contributed by atoms with Crippen molar-refractivity contribution in [3.05, 3.63) is 29.3 Å². The highest BCUT2D eigenvalue weighted by Gasteiger charge is 2.13. The van der Waals surface area contributed by atoms with Crippen molar-refractivity contribution in [2.24, 2.45) is 5.73 Å². The lowest BCUT2D eigenvalue weighted by Crippen LogP contribution is -2.32. The van der Waals surface area contributed by atoms with Crippen molar-refractivity contribution in [1.82, 2.24) is 5.32 Å². The van der Waals surface area contributed by atoms with E-state index in [9.17, 15) is 13.6 Å². The van der Waals surface area contributed by atoms with E-state index in [1.54, 1.807) is 0 Å². The summed E-state index contributed by atoms with van der Waals surface area (Å²) in [5.41, 5.74) is 4.99. The van der Waals surface area contributed by atoms with Crippen LogP contribution in [0.15, 0.2) is 12.1 Å². The minimum absolute atomic E-state index is 0.0881. The molecule has 110 valence electrons. The van der Waals surface area contributed by atoms with Gasteiger partial charge >= 0.3 is 0 Å². The van der Waals surface area contributed by atoms with Crippen molar-refractivity contribution in [1.29, 1.82) is 0 Å². The maximum absolute atomic E-state index is 13.7. The summed E-state index contributed by atoms with van der Waals surface area (Å²) < 4.78 is 32.1. The maximum atomic E-state index is 13.7. The Morgan fingerprint density at radius 3 is 2.50 bits per heavy atom. The van der Waals surface area contributed by atoms with Gasteiger partial charge in [-0.1, -0.05) is 12.2 Å². The highest BCUT2D eigenvalue weighted by Crippen LogP contribution is 2.20. The highest BCUT2D eigenvalue weighted by atomic mass is 32.1. The highest BCUT2D eigenvalue weighted by molar-refractivity contribution is 7.80. The van der Waals surface area contributed by atoms with Gasteiger partial charge in [0.2, 0.25) is 5.91 Å². The van der Waals surface area contributed by atoms with Crippen LogP contribution in [0.2, 0.25) is 0 Å². The van der Waals surface area contributed by atoms with Crippen LogP contribution in [-0.4, -0.2) is 37.7 Å². The predicted octanol–water partition coefficient (Wildman–Crippen LogP) is 0.773. The fourth-order valence-electron chi connectivity index (χ4n) is 1.41. The number of nitrogens with two attached hydrogens (primary N) is 1. The zero-order valence-electron chi connectivity index (χ0n) is 10.8. The third-order valence-electron chi connectivity index (χ3n) is 2.38.